The highest BCUT2D eigenvalue weighted by Gasteiger charge is 2.21. The van der Waals surface area contributed by atoms with Crippen molar-refractivity contribution >= 4 is 23.2 Å². The van der Waals surface area contributed by atoms with Gasteiger partial charge in [-0.05, 0) is 18.6 Å². The summed E-state index contributed by atoms with van der Waals surface area (Å²) in [6, 6.07) is 5.29. The first kappa shape index (κ1) is 11.8. The monoisotopic (exact) mass is 234 g/mol. The van der Waals surface area contributed by atoms with E-state index in [1.807, 2.05) is 13.0 Å². The van der Waals surface area contributed by atoms with Gasteiger partial charge in [0.1, 0.15) is 6.10 Å². The van der Waals surface area contributed by atoms with Gasteiger partial charge in [0.2, 0.25) is 0 Å². The first-order valence-electron chi connectivity index (χ1n) is 4.25. The second-order valence-electron chi connectivity index (χ2n) is 3.14. The minimum atomic E-state index is -1.03. The van der Waals surface area contributed by atoms with Crippen LogP contribution in [0, 0.1) is 6.92 Å². The van der Waals surface area contributed by atoms with Crippen molar-refractivity contribution in [2.24, 2.45) is 0 Å². The van der Waals surface area contributed by atoms with Crippen LogP contribution in [0.3, 0.4) is 0 Å². The van der Waals surface area contributed by atoms with Crippen LogP contribution in [0.4, 0.5) is 0 Å². The third kappa shape index (κ3) is 2.39. The number of aliphatic hydroxyl groups is 2. The molecular weight excluding hydrogens is 223 g/mol. The molecule has 78 valence electrons. The molecule has 2 unspecified atom stereocenters. The minimum absolute atomic E-state index is 0.0220. The average Bonchev–Trinajstić information content (AvgIpc) is 2.16. The van der Waals surface area contributed by atoms with Gasteiger partial charge in [0.25, 0.3) is 0 Å². The molecule has 14 heavy (non-hydrogen) atoms. The highest BCUT2D eigenvalue weighted by molar-refractivity contribution is 6.31. The summed E-state index contributed by atoms with van der Waals surface area (Å²) in [4.78, 5) is 0. The minimum Gasteiger partial charge on any atom is -0.389 e. The van der Waals surface area contributed by atoms with Crippen LogP contribution in [0.5, 0.6) is 0 Å². The molecule has 0 aliphatic heterocycles. The summed E-state index contributed by atoms with van der Waals surface area (Å²) in [5.41, 5.74) is 1.39. The van der Waals surface area contributed by atoms with Gasteiger partial charge in [-0.2, -0.15) is 0 Å². The second kappa shape index (κ2) is 4.99. The SMILES string of the molecule is Cc1cccc(Cl)c1C(O)C(O)CCl. The lowest BCUT2D eigenvalue weighted by Crippen LogP contribution is -2.20. The van der Waals surface area contributed by atoms with Gasteiger partial charge in [0, 0.05) is 10.6 Å². The molecule has 1 aromatic rings. The van der Waals surface area contributed by atoms with E-state index in [9.17, 15) is 10.2 Å². The molecule has 0 saturated heterocycles. The van der Waals surface area contributed by atoms with Gasteiger partial charge in [-0.1, -0.05) is 23.7 Å². The maximum absolute atomic E-state index is 9.73. The molecule has 0 amide bonds. The molecule has 0 fully saturated rings. The van der Waals surface area contributed by atoms with Crippen molar-refractivity contribution in [1.82, 2.24) is 0 Å². The number of hydrogen-bond donors (Lipinski definition) is 2. The van der Waals surface area contributed by atoms with Gasteiger partial charge in [0.05, 0.1) is 12.0 Å². The molecule has 2 atom stereocenters. The summed E-state index contributed by atoms with van der Waals surface area (Å²) in [6.45, 7) is 1.82. The molecule has 4 heteroatoms. The first-order chi connectivity index (χ1) is 6.57. The summed E-state index contributed by atoms with van der Waals surface area (Å²) in [5, 5.41) is 19.6. The van der Waals surface area contributed by atoms with Crippen molar-refractivity contribution in [3.63, 3.8) is 0 Å². The Bertz CT molecular complexity index is 295. The average molecular weight is 235 g/mol. The predicted molar refractivity (Wildman–Crippen MR) is 57.9 cm³/mol. The Labute approximate surface area is 93.1 Å². The van der Waals surface area contributed by atoms with Crippen molar-refractivity contribution in [2.45, 2.75) is 19.1 Å². The van der Waals surface area contributed by atoms with Crippen molar-refractivity contribution in [1.29, 1.82) is 0 Å². The maximum atomic E-state index is 9.73. The Hall–Kier alpha value is -0.280. The van der Waals surface area contributed by atoms with Gasteiger partial charge < -0.3 is 10.2 Å². The second-order valence-corrected chi connectivity index (χ2v) is 3.85. The fourth-order valence-corrected chi connectivity index (χ4v) is 1.80. The first-order valence-corrected chi connectivity index (χ1v) is 5.16. The third-order valence-corrected chi connectivity index (χ3v) is 2.74. The summed E-state index contributed by atoms with van der Waals surface area (Å²) in [6.07, 6.45) is -2.02. The Kier molecular flexibility index (Phi) is 4.20. The zero-order valence-electron chi connectivity index (χ0n) is 7.74. The number of halogens is 2. The molecule has 0 aliphatic carbocycles. The molecule has 1 rings (SSSR count). The largest absolute Gasteiger partial charge is 0.389 e. The van der Waals surface area contributed by atoms with Crippen molar-refractivity contribution < 1.29 is 10.2 Å². The molecule has 2 nitrogen and oxygen atoms in total. The summed E-state index contributed by atoms with van der Waals surface area (Å²) < 4.78 is 0. The number of hydrogen-bond acceptors (Lipinski definition) is 2. The lowest BCUT2D eigenvalue weighted by atomic mass is 10.0. The van der Waals surface area contributed by atoms with Gasteiger partial charge in [0.15, 0.2) is 0 Å². The number of aliphatic hydroxyl groups excluding tert-OH is 2. The van der Waals surface area contributed by atoms with Crippen LogP contribution < -0.4 is 0 Å². The fraction of sp³-hybridized carbons (Fsp3) is 0.400. The molecule has 0 heterocycles. The molecule has 0 aliphatic rings. The lowest BCUT2D eigenvalue weighted by Gasteiger charge is -2.18. The van der Waals surface area contributed by atoms with E-state index in [1.165, 1.54) is 0 Å². The topological polar surface area (TPSA) is 40.5 Å². The summed E-state index contributed by atoms with van der Waals surface area (Å²) in [5.74, 6) is -0.0220. The van der Waals surface area contributed by atoms with E-state index in [1.54, 1.807) is 12.1 Å². The molecule has 0 spiro atoms. The van der Waals surface area contributed by atoms with E-state index in [2.05, 4.69) is 0 Å². The highest BCUT2D eigenvalue weighted by atomic mass is 35.5. The lowest BCUT2D eigenvalue weighted by molar-refractivity contribution is 0.0324. The van der Waals surface area contributed by atoms with Crippen LogP contribution in [0.25, 0.3) is 0 Å². The maximum Gasteiger partial charge on any atom is 0.108 e. The van der Waals surface area contributed by atoms with Gasteiger partial charge >= 0.3 is 0 Å². The molecule has 1 aromatic carbocycles. The van der Waals surface area contributed by atoms with Crippen LogP contribution in [0.2, 0.25) is 5.02 Å². The Morgan fingerprint density at radius 1 is 1.36 bits per heavy atom. The molecule has 2 N–H and O–H groups in total. The zero-order chi connectivity index (χ0) is 10.7. The van der Waals surface area contributed by atoms with Crippen LogP contribution >= 0.6 is 23.2 Å². The van der Waals surface area contributed by atoms with Gasteiger partial charge in [-0.25, -0.2) is 0 Å². The van der Waals surface area contributed by atoms with E-state index < -0.39 is 12.2 Å². The van der Waals surface area contributed by atoms with Crippen molar-refractivity contribution in [3.8, 4) is 0 Å². The standard InChI is InChI=1S/C10H12Cl2O2/c1-6-3-2-4-7(12)9(6)10(14)8(13)5-11/h2-4,8,10,13-14H,5H2,1H3. The van der Waals surface area contributed by atoms with Crippen LogP contribution in [0.15, 0.2) is 18.2 Å². The molecular formula is C10H12Cl2O2. The van der Waals surface area contributed by atoms with Gasteiger partial charge in [-0.3, -0.25) is 0 Å². The van der Waals surface area contributed by atoms with Gasteiger partial charge in [-0.15, -0.1) is 11.6 Å². The molecule has 0 saturated carbocycles. The molecule has 0 radical (unpaired) electrons. The number of rotatable bonds is 3. The van der Waals surface area contributed by atoms with Crippen molar-refractivity contribution in [2.75, 3.05) is 5.88 Å². The predicted octanol–water partition coefficient (Wildman–Crippen LogP) is 2.28. The number of alkyl halides is 1. The van der Waals surface area contributed by atoms with Crippen LogP contribution in [-0.4, -0.2) is 22.2 Å². The van der Waals surface area contributed by atoms with E-state index in [0.717, 1.165) is 5.56 Å². The normalized spacial score (nSPS) is 15.2. The summed E-state index contributed by atoms with van der Waals surface area (Å²) >= 11 is 11.4. The summed E-state index contributed by atoms with van der Waals surface area (Å²) in [7, 11) is 0. The molecule has 0 aromatic heterocycles. The van der Waals surface area contributed by atoms with E-state index in [0.29, 0.717) is 10.6 Å². The van der Waals surface area contributed by atoms with E-state index in [-0.39, 0.29) is 5.88 Å². The number of aryl methyl sites for hydroxylation is 1. The Morgan fingerprint density at radius 2 is 2.00 bits per heavy atom. The van der Waals surface area contributed by atoms with E-state index >= 15 is 0 Å². The third-order valence-electron chi connectivity index (χ3n) is 2.09. The van der Waals surface area contributed by atoms with Crippen molar-refractivity contribution in [3.05, 3.63) is 34.3 Å². The molecule has 0 bridgehead atoms. The number of benzene rings is 1. The smallest absolute Gasteiger partial charge is 0.108 e. The van der Waals surface area contributed by atoms with Crippen LogP contribution in [-0.2, 0) is 0 Å². The highest BCUT2D eigenvalue weighted by Crippen LogP contribution is 2.28. The zero-order valence-corrected chi connectivity index (χ0v) is 9.26. The quantitative estimate of drug-likeness (QED) is 0.789. The Morgan fingerprint density at radius 3 is 2.50 bits per heavy atom. The fourth-order valence-electron chi connectivity index (χ4n) is 1.30. The van der Waals surface area contributed by atoms with Crippen LogP contribution in [0.1, 0.15) is 17.2 Å². The Balaban J connectivity index is 3.05. The van der Waals surface area contributed by atoms with E-state index in [4.69, 9.17) is 23.2 Å².